The summed E-state index contributed by atoms with van der Waals surface area (Å²) in [6.07, 6.45) is -8.92. The van der Waals surface area contributed by atoms with Gasteiger partial charge in [0.25, 0.3) is 0 Å². The molecule has 16 heteroatoms. The predicted octanol–water partition coefficient (Wildman–Crippen LogP) is 11.1. The lowest BCUT2D eigenvalue weighted by atomic mass is 10.1. The van der Waals surface area contributed by atoms with E-state index in [1.54, 1.807) is 72.8 Å². The highest BCUT2D eigenvalue weighted by Crippen LogP contribution is 2.33. The second-order valence-corrected chi connectivity index (χ2v) is 14.1. The van der Waals surface area contributed by atoms with Crippen molar-refractivity contribution in [2.75, 3.05) is 0 Å². The van der Waals surface area contributed by atoms with Crippen molar-refractivity contribution in [3.63, 3.8) is 0 Å². The molecule has 0 aliphatic heterocycles. The Morgan fingerprint density at radius 3 is 1.07 bits per heavy atom. The molecule has 0 saturated heterocycles. The molecule has 7 rings (SSSR count). The SMILES string of the molecule is N=C(SC(=N)c1ccc2c(ccc3nc(C(=N)SC(=N)c4cccc(-c5ccc(C(F)(F)F)cc5)n4)ccc32)n1)c1cccc(-c2ccc(C(F)(F)F)cc2)n1. The molecule has 278 valence electrons. The molecule has 0 saturated carbocycles. The Kier molecular flexibility index (Phi) is 10.3. The number of halogens is 6. The molecule has 3 aromatic carbocycles. The summed E-state index contributed by atoms with van der Waals surface area (Å²) in [4.78, 5) is 18.1. The van der Waals surface area contributed by atoms with Crippen LogP contribution in [0.2, 0.25) is 0 Å². The van der Waals surface area contributed by atoms with Gasteiger partial charge in [-0.05, 0) is 108 Å². The van der Waals surface area contributed by atoms with Crippen LogP contribution in [0.15, 0.2) is 121 Å². The fraction of sp³-hybridized carbons (Fsp3) is 0.0500. The molecule has 4 heterocycles. The maximum atomic E-state index is 13.0. The van der Waals surface area contributed by atoms with Gasteiger partial charge in [0.15, 0.2) is 0 Å². The fourth-order valence-electron chi connectivity index (χ4n) is 5.59. The van der Waals surface area contributed by atoms with Gasteiger partial charge in [0.1, 0.15) is 20.2 Å². The first-order chi connectivity index (χ1) is 26.6. The molecule has 0 spiro atoms. The summed E-state index contributed by atoms with van der Waals surface area (Å²) in [7, 11) is 0. The Bertz CT molecular complexity index is 2510. The number of aromatic nitrogens is 4. The molecule has 0 atom stereocenters. The highest BCUT2D eigenvalue weighted by atomic mass is 32.2. The highest BCUT2D eigenvalue weighted by Gasteiger charge is 2.31. The second-order valence-electron chi connectivity index (χ2n) is 12.1. The molecular weight excluding hydrogens is 771 g/mol. The molecule has 0 fully saturated rings. The maximum Gasteiger partial charge on any atom is 0.416 e. The minimum atomic E-state index is -4.46. The number of fused-ring (bicyclic) bond motifs is 3. The van der Waals surface area contributed by atoms with Crippen molar-refractivity contribution >= 4 is 65.5 Å². The third kappa shape index (κ3) is 8.21. The molecule has 7 aromatic rings. The molecular formula is C40H24F6N8S2. The lowest BCUT2D eigenvalue weighted by molar-refractivity contribution is -0.138. The van der Waals surface area contributed by atoms with Crippen LogP contribution in [0.25, 0.3) is 44.3 Å². The van der Waals surface area contributed by atoms with Gasteiger partial charge in [-0.3, -0.25) is 21.6 Å². The van der Waals surface area contributed by atoms with Gasteiger partial charge in [0.2, 0.25) is 0 Å². The monoisotopic (exact) mass is 794 g/mol. The van der Waals surface area contributed by atoms with Crippen LogP contribution < -0.4 is 0 Å². The molecule has 0 aliphatic rings. The second kappa shape index (κ2) is 15.1. The largest absolute Gasteiger partial charge is 0.416 e. The lowest BCUT2D eigenvalue weighted by Gasteiger charge is -2.10. The Morgan fingerprint density at radius 1 is 0.393 bits per heavy atom. The van der Waals surface area contributed by atoms with Crippen LogP contribution in [0, 0.1) is 21.6 Å². The molecule has 4 aromatic heterocycles. The summed E-state index contributed by atoms with van der Waals surface area (Å²) in [6.45, 7) is 0. The topological polar surface area (TPSA) is 147 Å². The first-order valence-electron chi connectivity index (χ1n) is 16.4. The van der Waals surface area contributed by atoms with E-state index >= 15 is 0 Å². The first-order valence-corrected chi connectivity index (χ1v) is 18.0. The third-order valence-corrected chi connectivity index (χ3v) is 10.0. The maximum absolute atomic E-state index is 13.0. The van der Waals surface area contributed by atoms with Gasteiger partial charge >= 0.3 is 12.4 Å². The third-order valence-electron chi connectivity index (χ3n) is 8.39. The molecule has 0 unspecified atom stereocenters. The number of rotatable bonds is 6. The van der Waals surface area contributed by atoms with Crippen LogP contribution in [-0.2, 0) is 12.4 Å². The summed E-state index contributed by atoms with van der Waals surface area (Å²) < 4.78 is 78.0. The number of hydrogen-bond acceptors (Lipinski definition) is 10. The minimum absolute atomic E-state index is 0.0143. The van der Waals surface area contributed by atoms with Crippen molar-refractivity contribution < 1.29 is 26.3 Å². The van der Waals surface area contributed by atoms with Crippen molar-refractivity contribution in [1.82, 2.24) is 19.9 Å². The van der Waals surface area contributed by atoms with E-state index in [2.05, 4.69) is 19.9 Å². The number of hydrogen-bond donors (Lipinski definition) is 4. The van der Waals surface area contributed by atoms with Crippen LogP contribution in [0.5, 0.6) is 0 Å². The predicted molar refractivity (Wildman–Crippen MR) is 209 cm³/mol. The van der Waals surface area contributed by atoms with Crippen molar-refractivity contribution in [2.24, 2.45) is 0 Å². The van der Waals surface area contributed by atoms with Gasteiger partial charge in [-0.15, -0.1) is 0 Å². The summed E-state index contributed by atoms with van der Waals surface area (Å²) in [5.74, 6) is 0. The first kappa shape index (κ1) is 38.0. The van der Waals surface area contributed by atoms with Crippen molar-refractivity contribution in [2.45, 2.75) is 12.4 Å². The number of benzene rings is 3. The normalized spacial score (nSPS) is 11.8. The number of thioether (sulfide) groups is 2. The van der Waals surface area contributed by atoms with Crippen LogP contribution in [-0.4, -0.2) is 40.1 Å². The van der Waals surface area contributed by atoms with Crippen LogP contribution >= 0.6 is 23.5 Å². The van der Waals surface area contributed by atoms with E-state index in [1.807, 2.05) is 0 Å². The van der Waals surface area contributed by atoms with Crippen molar-refractivity contribution in [1.29, 1.82) is 21.6 Å². The van der Waals surface area contributed by atoms with Crippen LogP contribution in [0.3, 0.4) is 0 Å². The van der Waals surface area contributed by atoms with Gasteiger partial charge in [-0.1, -0.05) is 36.4 Å². The Balaban J connectivity index is 1.03. The number of alkyl halides is 6. The summed E-state index contributed by atoms with van der Waals surface area (Å²) in [6, 6.07) is 29.2. The van der Waals surface area contributed by atoms with Gasteiger partial charge in [0.05, 0.1) is 56.3 Å². The fourth-order valence-corrected chi connectivity index (χ4v) is 6.87. The van der Waals surface area contributed by atoms with Crippen LogP contribution in [0.1, 0.15) is 33.9 Å². The van der Waals surface area contributed by atoms with Crippen molar-refractivity contribution in [3.8, 4) is 22.5 Å². The van der Waals surface area contributed by atoms with E-state index in [4.69, 9.17) is 21.6 Å². The number of pyridine rings is 4. The lowest BCUT2D eigenvalue weighted by Crippen LogP contribution is -2.06. The molecule has 8 nitrogen and oxygen atoms in total. The molecule has 0 amide bonds. The Hall–Kier alpha value is -6.26. The average Bonchev–Trinajstić information content (AvgIpc) is 3.19. The van der Waals surface area contributed by atoms with Gasteiger partial charge < -0.3 is 0 Å². The Morgan fingerprint density at radius 2 is 0.732 bits per heavy atom. The quantitative estimate of drug-likeness (QED) is 0.0570. The van der Waals surface area contributed by atoms with Gasteiger partial charge in [-0.25, -0.2) is 19.9 Å². The molecule has 4 N–H and O–H groups in total. The van der Waals surface area contributed by atoms with Gasteiger partial charge in [0, 0.05) is 21.9 Å². The number of nitrogens with one attached hydrogen (secondary N) is 4. The van der Waals surface area contributed by atoms with Gasteiger partial charge in [-0.2, -0.15) is 26.3 Å². The van der Waals surface area contributed by atoms with E-state index in [0.717, 1.165) is 58.6 Å². The smallest absolute Gasteiger partial charge is 0.292 e. The summed E-state index contributed by atoms with van der Waals surface area (Å²) in [5.41, 5.74) is 2.35. The molecule has 0 radical (unpaired) electrons. The van der Waals surface area contributed by atoms with E-state index in [0.29, 0.717) is 44.9 Å². The zero-order valence-corrected chi connectivity index (χ0v) is 30.1. The zero-order chi connectivity index (χ0) is 39.8. The average molecular weight is 795 g/mol. The van der Waals surface area contributed by atoms with E-state index in [9.17, 15) is 26.3 Å². The Labute approximate surface area is 322 Å². The van der Waals surface area contributed by atoms with Crippen LogP contribution in [0.4, 0.5) is 26.3 Å². The molecule has 56 heavy (non-hydrogen) atoms. The number of nitrogens with zero attached hydrogens (tertiary/aromatic N) is 4. The van der Waals surface area contributed by atoms with E-state index < -0.39 is 23.5 Å². The van der Waals surface area contributed by atoms with E-state index in [-0.39, 0.29) is 31.6 Å². The highest BCUT2D eigenvalue weighted by molar-refractivity contribution is 8.27. The summed E-state index contributed by atoms with van der Waals surface area (Å²) in [5, 5.41) is 35.8. The molecule has 0 aliphatic carbocycles. The summed E-state index contributed by atoms with van der Waals surface area (Å²) >= 11 is 1.66. The molecule has 0 bridgehead atoms. The van der Waals surface area contributed by atoms with Crippen molar-refractivity contribution in [3.05, 3.63) is 155 Å². The zero-order valence-electron chi connectivity index (χ0n) is 28.4. The van der Waals surface area contributed by atoms with E-state index in [1.165, 1.54) is 24.3 Å². The standard InChI is InChI=1S/C40H24F6N8S2/c41-39(42,43)23-11-7-21(8-12-23)27-3-1-5-31(51-27)35(47)55-37(49)33-17-15-25-26-16-18-34(54-30(26)20-19-29(25)53-33)38(50)56-36(48)32-6-2-4-28(52-32)22-9-13-24(14-10-22)40(44,45)46/h1-20,47-50H. The minimum Gasteiger partial charge on any atom is -0.292 e.